The van der Waals surface area contributed by atoms with E-state index in [-0.39, 0.29) is 36.0 Å². The Labute approximate surface area is 156 Å². The number of ketones is 2. The molecule has 1 heterocycles. The Balaban J connectivity index is 1.74. The molecule has 26 heavy (non-hydrogen) atoms. The third-order valence-corrected chi connectivity index (χ3v) is 5.65. The maximum Gasteiger partial charge on any atom is 0.268 e. The second-order valence-electron chi connectivity index (χ2n) is 6.89. The lowest BCUT2D eigenvalue weighted by atomic mass is 9.90. The highest BCUT2D eigenvalue weighted by atomic mass is 32.1. The predicted molar refractivity (Wildman–Crippen MR) is 101 cm³/mol. The average Bonchev–Trinajstić information content (AvgIpc) is 3.27. The minimum atomic E-state index is -0.595. The van der Waals surface area contributed by atoms with Crippen LogP contribution in [0.3, 0.4) is 0 Å². The lowest BCUT2D eigenvalue weighted by Crippen LogP contribution is -2.16. The van der Waals surface area contributed by atoms with E-state index in [0.717, 1.165) is 36.8 Å². The van der Waals surface area contributed by atoms with Crippen molar-refractivity contribution in [3.8, 4) is 0 Å². The van der Waals surface area contributed by atoms with Crippen molar-refractivity contribution in [1.82, 2.24) is 4.98 Å². The molecule has 2 N–H and O–H groups in total. The van der Waals surface area contributed by atoms with E-state index in [1.807, 2.05) is 25.1 Å². The number of nitrogens with zero attached hydrogens (tertiary/aromatic N) is 1. The summed E-state index contributed by atoms with van der Waals surface area (Å²) in [5.74, 6) is -0.371. The van der Waals surface area contributed by atoms with Gasteiger partial charge in [0.2, 0.25) is 0 Å². The van der Waals surface area contributed by atoms with Crippen LogP contribution in [0, 0.1) is 12.8 Å². The van der Waals surface area contributed by atoms with Gasteiger partial charge in [0.1, 0.15) is 16.5 Å². The van der Waals surface area contributed by atoms with Gasteiger partial charge in [0, 0.05) is 23.3 Å². The number of primary amides is 1. The fourth-order valence-electron chi connectivity index (χ4n) is 3.43. The van der Waals surface area contributed by atoms with Gasteiger partial charge in [-0.2, -0.15) is 0 Å². The summed E-state index contributed by atoms with van der Waals surface area (Å²) in [5, 5.41) is 2.13. The molecule has 0 aliphatic heterocycles. The van der Waals surface area contributed by atoms with Crippen molar-refractivity contribution in [1.29, 1.82) is 0 Å². The lowest BCUT2D eigenvalue weighted by molar-refractivity contribution is -0.117. The number of carbonyl (C=O) groups is 3. The number of aromatic nitrogens is 1. The van der Waals surface area contributed by atoms with E-state index in [0.29, 0.717) is 10.6 Å². The van der Waals surface area contributed by atoms with Crippen LogP contribution in [0.2, 0.25) is 0 Å². The molecule has 0 bridgehead atoms. The van der Waals surface area contributed by atoms with Crippen molar-refractivity contribution in [2.24, 2.45) is 11.7 Å². The van der Waals surface area contributed by atoms with Gasteiger partial charge in [-0.3, -0.25) is 14.4 Å². The van der Waals surface area contributed by atoms with Crippen molar-refractivity contribution < 1.29 is 14.4 Å². The summed E-state index contributed by atoms with van der Waals surface area (Å²) in [4.78, 5) is 40.5. The second-order valence-corrected chi connectivity index (χ2v) is 7.83. The predicted octanol–water partition coefficient (Wildman–Crippen LogP) is 3.28. The van der Waals surface area contributed by atoms with E-state index < -0.39 is 5.91 Å². The van der Waals surface area contributed by atoms with E-state index in [1.165, 1.54) is 11.3 Å². The Morgan fingerprint density at radius 2 is 1.92 bits per heavy atom. The number of carbonyl (C=O) groups excluding carboxylic acids is 3. The number of rotatable bonds is 7. The summed E-state index contributed by atoms with van der Waals surface area (Å²) in [7, 11) is 0. The summed E-state index contributed by atoms with van der Waals surface area (Å²) in [6.45, 7) is 1.96. The Kier molecular flexibility index (Phi) is 5.61. The van der Waals surface area contributed by atoms with Crippen LogP contribution in [-0.4, -0.2) is 22.5 Å². The van der Waals surface area contributed by atoms with Crippen LogP contribution in [-0.2, 0) is 17.6 Å². The number of thiazole rings is 1. The minimum Gasteiger partial charge on any atom is -0.364 e. The van der Waals surface area contributed by atoms with Gasteiger partial charge in [0.15, 0.2) is 5.78 Å². The molecule has 5 nitrogen and oxygen atoms in total. The van der Waals surface area contributed by atoms with E-state index in [4.69, 9.17) is 5.73 Å². The summed E-state index contributed by atoms with van der Waals surface area (Å²) >= 11 is 1.25. The van der Waals surface area contributed by atoms with Crippen LogP contribution in [0.1, 0.15) is 62.7 Å². The zero-order valence-corrected chi connectivity index (χ0v) is 15.6. The topological polar surface area (TPSA) is 90.1 Å². The number of amides is 1. The maximum absolute atomic E-state index is 12.9. The highest BCUT2D eigenvalue weighted by Gasteiger charge is 2.26. The number of aryl methyl sites for hydroxylation is 1. The molecule has 1 fully saturated rings. The number of benzene rings is 1. The maximum atomic E-state index is 12.9. The molecule has 3 rings (SSSR count). The largest absolute Gasteiger partial charge is 0.364 e. The Bertz CT molecular complexity index is 850. The first kappa shape index (κ1) is 18.5. The van der Waals surface area contributed by atoms with Crippen molar-refractivity contribution in [3.05, 3.63) is 51.0 Å². The van der Waals surface area contributed by atoms with Crippen molar-refractivity contribution in [3.63, 3.8) is 0 Å². The third-order valence-electron chi connectivity index (χ3n) is 4.80. The number of nitrogens with two attached hydrogens (primary N) is 1. The fraction of sp³-hybridized carbons (Fsp3) is 0.400. The molecule has 1 aliphatic carbocycles. The first-order chi connectivity index (χ1) is 12.4. The zero-order chi connectivity index (χ0) is 18.7. The van der Waals surface area contributed by atoms with Gasteiger partial charge < -0.3 is 5.73 Å². The number of hydrogen-bond acceptors (Lipinski definition) is 5. The van der Waals surface area contributed by atoms with Crippen molar-refractivity contribution in [2.75, 3.05) is 0 Å². The molecule has 136 valence electrons. The number of Topliss-reactive ketones (excluding diaryl/α,β-unsaturated/α-hetero) is 2. The summed E-state index contributed by atoms with van der Waals surface area (Å²) < 4.78 is 0. The molecule has 1 aliphatic rings. The molecular weight excluding hydrogens is 348 g/mol. The average molecular weight is 370 g/mol. The quantitative estimate of drug-likeness (QED) is 0.757. The summed E-state index contributed by atoms with van der Waals surface area (Å²) in [5.41, 5.74) is 7.86. The van der Waals surface area contributed by atoms with E-state index in [1.54, 1.807) is 5.38 Å². The number of hydrogen-bond donors (Lipinski definition) is 1. The van der Waals surface area contributed by atoms with E-state index >= 15 is 0 Å². The van der Waals surface area contributed by atoms with Gasteiger partial charge in [-0.05, 0) is 31.4 Å². The van der Waals surface area contributed by atoms with Gasteiger partial charge in [-0.1, -0.05) is 30.5 Å². The molecule has 0 radical (unpaired) electrons. The van der Waals surface area contributed by atoms with Gasteiger partial charge in [0.05, 0.1) is 6.42 Å². The molecule has 1 saturated carbocycles. The smallest absolute Gasteiger partial charge is 0.268 e. The molecular formula is C20H22N2O3S. The first-order valence-corrected chi connectivity index (χ1v) is 9.71. The van der Waals surface area contributed by atoms with E-state index in [9.17, 15) is 14.4 Å². The normalized spacial score (nSPS) is 14.5. The van der Waals surface area contributed by atoms with Gasteiger partial charge >= 0.3 is 0 Å². The van der Waals surface area contributed by atoms with Crippen molar-refractivity contribution in [2.45, 2.75) is 45.4 Å². The van der Waals surface area contributed by atoms with Crippen LogP contribution in [0.15, 0.2) is 23.6 Å². The van der Waals surface area contributed by atoms with Crippen LogP contribution in [0.5, 0.6) is 0 Å². The Hall–Kier alpha value is -2.34. The monoisotopic (exact) mass is 370 g/mol. The van der Waals surface area contributed by atoms with Crippen molar-refractivity contribution >= 4 is 28.8 Å². The van der Waals surface area contributed by atoms with E-state index in [2.05, 4.69) is 4.98 Å². The molecule has 0 spiro atoms. The Morgan fingerprint density at radius 3 is 2.58 bits per heavy atom. The second kappa shape index (κ2) is 7.91. The van der Waals surface area contributed by atoms with Crippen LogP contribution >= 0.6 is 11.3 Å². The summed E-state index contributed by atoms with van der Waals surface area (Å²) in [6.07, 6.45) is 4.41. The molecule has 1 aromatic heterocycles. The molecule has 0 saturated heterocycles. The zero-order valence-electron chi connectivity index (χ0n) is 14.8. The summed E-state index contributed by atoms with van der Waals surface area (Å²) in [6, 6.07) is 5.71. The van der Waals surface area contributed by atoms with Crippen LogP contribution in [0.4, 0.5) is 0 Å². The minimum absolute atomic E-state index is 0.0281. The fourth-order valence-corrected chi connectivity index (χ4v) is 4.24. The molecule has 1 aromatic carbocycles. The van der Waals surface area contributed by atoms with Crippen LogP contribution < -0.4 is 5.73 Å². The molecule has 0 unspecified atom stereocenters. The van der Waals surface area contributed by atoms with Gasteiger partial charge in [-0.25, -0.2) is 4.98 Å². The highest BCUT2D eigenvalue weighted by molar-refractivity contribution is 7.09. The lowest BCUT2D eigenvalue weighted by Gasteiger charge is -2.13. The molecule has 6 heteroatoms. The van der Waals surface area contributed by atoms with Crippen LogP contribution in [0.25, 0.3) is 0 Å². The molecule has 0 atom stereocenters. The van der Waals surface area contributed by atoms with Gasteiger partial charge in [-0.15, -0.1) is 11.3 Å². The SMILES string of the molecule is Cc1ccc(CC(=O)Cc2nc(C(N)=O)cs2)c(C(=O)C2CCCC2)c1. The Morgan fingerprint density at radius 1 is 1.19 bits per heavy atom. The molecule has 1 amide bonds. The highest BCUT2D eigenvalue weighted by Crippen LogP contribution is 2.29. The van der Waals surface area contributed by atoms with Gasteiger partial charge in [0.25, 0.3) is 5.91 Å². The molecule has 2 aromatic rings. The first-order valence-electron chi connectivity index (χ1n) is 8.83. The third kappa shape index (κ3) is 4.25. The standard InChI is InChI=1S/C20H22N2O3S/c1-12-6-7-14(16(8-12)19(24)13-4-2-3-5-13)9-15(23)10-18-22-17(11-26-18)20(21)25/h6-8,11,13H,2-5,9-10H2,1H3,(H2,21,25).